The molecule has 2 aromatic heterocycles. The summed E-state index contributed by atoms with van der Waals surface area (Å²) in [4.78, 5) is 12.1. The fourth-order valence-electron chi connectivity index (χ4n) is 2.45. The Balaban J connectivity index is 1.45. The fraction of sp³-hybridized carbons (Fsp3) is 0.278. The molecule has 0 aliphatic heterocycles. The summed E-state index contributed by atoms with van der Waals surface area (Å²) in [6.45, 7) is 2.24. The molecule has 1 aromatic carbocycles. The summed E-state index contributed by atoms with van der Waals surface area (Å²) in [5.74, 6) is 1.21. The van der Waals surface area contributed by atoms with Gasteiger partial charge in [0.1, 0.15) is 11.6 Å². The van der Waals surface area contributed by atoms with E-state index in [2.05, 4.69) is 15.5 Å². The first-order valence-electron chi connectivity index (χ1n) is 8.12. The molecule has 0 radical (unpaired) electrons. The summed E-state index contributed by atoms with van der Waals surface area (Å²) in [5, 5.41) is 11.6. The number of aryl methyl sites for hydroxylation is 1. The first-order valence-corrected chi connectivity index (χ1v) is 8.50. The number of hydrogen-bond acceptors (Lipinski definition) is 4. The van der Waals surface area contributed by atoms with Crippen molar-refractivity contribution in [1.29, 1.82) is 0 Å². The first-order chi connectivity index (χ1) is 12.1. The van der Waals surface area contributed by atoms with Crippen molar-refractivity contribution in [3.8, 4) is 5.75 Å². The number of nitrogens with zero attached hydrogens (tertiary/aromatic N) is 3. The number of fused-ring (bicyclic) bond motifs is 1. The Morgan fingerprint density at radius 2 is 2.04 bits per heavy atom. The van der Waals surface area contributed by atoms with Crippen molar-refractivity contribution in [2.24, 2.45) is 0 Å². The van der Waals surface area contributed by atoms with Gasteiger partial charge in [-0.2, -0.15) is 0 Å². The minimum atomic E-state index is -0.617. The van der Waals surface area contributed by atoms with Gasteiger partial charge in [0.05, 0.1) is 5.02 Å². The minimum Gasteiger partial charge on any atom is -0.479 e. The third-order valence-corrected chi connectivity index (χ3v) is 4.08. The molecule has 0 fully saturated rings. The molecule has 1 N–H and O–H groups in total. The molecule has 1 amide bonds. The highest BCUT2D eigenvalue weighted by molar-refractivity contribution is 6.32. The van der Waals surface area contributed by atoms with E-state index in [1.165, 1.54) is 0 Å². The Kier molecular flexibility index (Phi) is 5.50. The molecule has 1 atom stereocenters. The van der Waals surface area contributed by atoms with Crippen LogP contribution >= 0.6 is 11.6 Å². The standard InChI is InChI=1S/C18H19ClN4O2/c1-13(25-15-8-3-2-7-14(15)19)18(24)20-11-6-10-17-22-21-16-9-4-5-12-23(16)17/h2-5,7-9,12-13H,6,10-11H2,1H3,(H,20,24). The Bertz CT molecular complexity index is 865. The quantitative estimate of drug-likeness (QED) is 0.659. The molecule has 7 heteroatoms. The third kappa shape index (κ3) is 4.28. The van der Waals surface area contributed by atoms with Crippen LogP contribution in [0.25, 0.3) is 5.65 Å². The monoisotopic (exact) mass is 358 g/mol. The number of amides is 1. The summed E-state index contributed by atoms with van der Waals surface area (Å²) < 4.78 is 7.55. The van der Waals surface area contributed by atoms with Gasteiger partial charge in [-0.1, -0.05) is 29.8 Å². The maximum Gasteiger partial charge on any atom is 0.260 e. The predicted molar refractivity (Wildman–Crippen MR) is 95.9 cm³/mol. The van der Waals surface area contributed by atoms with E-state index < -0.39 is 6.10 Å². The number of hydrogen-bond donors (Lipinski definition) is 1. The second kappa shape index (κ2) is 7.98. The number of para-hydroxylation sites is 1. The second-order valence-corrected chi connectivity index (χ2v) is 6.04. The van der Waals surface area contributed by atoms with Gasteiger partial charge in [-0.15, -0.1) is 10.2 Å². The lowest BCUT2D eigenvalue weighted by atomic mass is 10.2. The van der Waals surface area contributed by atoms with E-state index in [4.69, 9.17) is 16.3 Å². The topological polar surface area (TPSA) is 68.5 Å². The molecule has 3 aromatic rings. The Morgan fingerprint density at radius 1 is 1.24 bits per heavy atom. The van der Waals surface area contributed by atoms with Crippen LogP contribution in [-0.2, 0) is 11.2 Å². The number of carbonyl (C=O) groups excluding carboxylic acids is 1. The van der Waals surface area contributed by atoms with Gasteiger partial charge in [-0.05, 0) is 37.6 Å². The summed E-state index contributed by atoms with van der Waals surface area (Å²) in [5.41, 5.74) is 0.822. The zero-order chi connectivity index (χ0) is 17.6. The zero-order valence-electron chi connectivity index (χ0n) is 13.9. The van der Waals surface area contributed by atoms with Crippen molar-refractivity contribution in [3.05, 3.63) is 59.5 Å². The number of rotatable bonds is 7. The molecule has 0 spiro atoms. The van der Waals surface area contributed by atoms with E-state index in [-0.39, 0.29) is 5.91 Å². The smallest absolute Gasteiger partial charge is 0.260 e. The summed E-state index contributed by atoms with van der Waals surface area (Å²) in [7, 11) is 0. The van der Waals surface area contributed by atoms with Crippen LogP contribution < -0.4 is 10.1 Å². The van der Waals surface area contributed by atoms with Crippen molar-refractivity contribution in [3.63, 3.8) is 0 Å². The number of aromatic nitrogens is 3. The highest BCUT2D eigenvalue weighted by Gasteiger charge is 2.15. The maximum absolute atomic E-state index is 12.1. The van der Waals surface area contributed by atoms with Crippen LogP contribution in [0.4, 0.5) is 0 Å². The molecule has 0 saturated carbocycles. The van der Waals surface area contributed by atoms with Crippen molar-refractivity contribution in [2.75, 3.05) is 6.54 Å². The van der Waals surface area contributed by atoms with Crippen molar-refractivity contribution >= 4 is 23.2 Å². The molecule has 3 rings (SSSR count). The van der Waals surface area contributed by atoms with Crippen molar-refractivity contribution in [2.45, 2.75) is 25.9 Å². The molecule has 0 bridgehead atoms. The highest BCUT2D eigenvalue weighted by Crippen LogP contribution is 2.24. The van der Waals surface area contributed by atoms with Gasteiger partial charge in [-0.25, -0.2) is 0 Å². The van der Waals surface area contributed by atoms with Crippen LogP contribution in [0.1, 0.15) is 19.2 Å². The molecule has 6 nitrogen and oxygen atoms in total. The molecule has 25 heavy (non-hydrogen) atoms. The number of carbonyl (C=O) groups is 1. The molecule has 0 aliphatic carbocycles. The zero-order valence-corrected chi connectivity index (χ0v) is 14.6. The number of benzene rings is 1. The largest absolute Gasteiger partial charge is 0.479 e. The number of halogens is 1. The molecule has 0 saturated heterocycles. The minimum absolute atomic E-state index is 0.175. The number of nitrogens with one attached hydrogen (secondary N) is 1. The molecular formula is C18H19ClN4O2. The summed E-state index contributed by atoms with van der Waals surface area (Å²) in [6.07, 6.45) is 2.81. The van der Waals surface area contributed by atoms with Crippen LogP contribution in [0.15, 0.2) is 48.7 Å². The van der Waals surface area contributed by atoms with E-state index in [9.17, 15) is 4.79 Å². The SMILES string of the molecule is CC(Oc1ccccc1Cl)C(=O)NCCCc1nnc2ccccn12. The maximum atomic E-state index is 12.1. The first kappa shape index (κ1) is 17.2. The Labute approximate surface area is 150 Å². The summed E-state index contributed by atoms with van der Waals surface area (Å²) >= 11 is 6.03. The van der Waals surface area contributed by atoms with Gasteiger partial charge in [0.2, 0.25) is 0 Å². The fourth-order valence-corrected chi connectivity index (χ4v) is 2.63. The average Bonchev–Trinajstić information content (AvgIpc) is 3.03. The van der Waals surface area contributed by atoms with Crippen LogP contribution in [0, 0.1) is 0 Å². The van der Waals surface area contributed by atoms with Gasteiger partial charge < -0.3 is 10.1 Å². The lowest BCUT2D eigenvalue weighted by Crippen LogP contribution is -2.37. The lowest BCUT2D eigenvalue weighted by molar-refractivity contribution is -0.127. The number of pyridine rings is 1. The van der Waals surface area contributed by atoms with Crippen LogP contribution in [-0.4, -0.2) is 33.2 Å². The summed E-state index contributed by atoms with van der Waals surface area (Å²) in [6, 6.07) is 12.9. The molecular weight excluding hydrogens is 340 g/mol. The lowest BCUT2D eigenvalue weighted by Gasteiger charge is -2.15. The van der Waals surface area contributed by atoms with Gasteiger partial charge in [0.25, 0.3) is 5.91 Å². The van der Waals surface area contributed by atoms with Crippen LogP contribution in [0.2, 0.25) is 5.02 Å². The van der Waals surface area contributed by atoms with E-state index >= 15 is 0 Å². The van der Waals surface area contributed by atoms with Gasteiger partial charge in [0, 0.05) is 19.2 Å². The third-order valence-electron chi connectivity index (χ3n) is 3.77. The van der Waals surface area contributed by atoms with Crippen molar-refractivity contribution < 1.29 is 9.53 Å². The van der Waals surface area contributed by atoms with Crippen molar-refractivity contribution in [1.82, 2.24) is 19.9 Å². The predicted octanol–water partition coefficient (Wildman–Crippen LogP) is 2.90. The van der Waals surface area contributed by atoms with E-state index in [1.54, 1.807) is 19.1 Å². The second-order valence-electron chi connectivity index (χ2n) is 5.63. The number of ether oxygens (including phenoxy) is 1. The Morgan fingerprint density at radius 3 is 2.88 bits per heavy atom. The van der Waals surface area contributed by atoms with Gasteiger partial charge in [-0.3, -0.25) is 9.20 Å². The van der Waals surface area contributed by atoms with E-state index in [1.807, 2.05) is 40.9 Å². The average molecular weight is 359 g/mol. The normalized spacial score (nSPS) is 12.1. The van der Waals surface area contributed by atoms with Crippen LogP contribution in [0.5, 0.6) is 5.75 Å². The van der Waals surface area contributed by atoms with E-state index in [0.717, 1.165) is 24.3 Å². The van der Waals surface area contributed by atoms with E-state index in [0.29, 0.717) is 17.3 Å². The molecule has 0 aliphatic rings. The van der Waals surface area contributed by atoms with Crippen LogP contribution in [0.3, 0.4) is 0 Å². The van der Waals surface area contributed by atoms with Gasteiger partial charge >= 0.3 is 0 Å². The highest BCUT2D eigenvalue weighted by atomic mass is 35.5. The molecule has 2 heterocycles. The molecule has 1 unspecified atom stereocenters. The van der Waals surface area contributed by atoms with Gasteiger partial charge in [0.15, 0.2) is 11.8 Å². The Hall–Kier alpha value is -2.60. The molecule has 130 valence electrons.